The summed E-state index contributed by atoms with van der Waals surface area (Å²) in [7, 11) is 0. The Balaban J connectivity index is 2.71. The molecule has 0 radical (unpaired) electrons. The highest BCUT2D eigenvalue weighted by Crippen LogP contribution is 2.35. The maximum absolute atomic E-state index is 13.2. The highest BCUT2D eigenvalue weighted by atomic mass is 35.5. The van der Waals surface area contributed by atoms with Gasteiger partial charge in [0.25, 0.3) is 0 Å². The Morgan fingerprint density at radius 3 is 2.19 bits per heavy atom. The van der Waals surface area contributed by atoms with Crippen LogP contribution in [0.1, 0.15) is 25.5 Å². The smallest absolute Gasteiger partial charge is 0.258 e. The van der Waals surface area contributed by atoms with E-state index in [1.54, 1.807) is 13.8 Å². The molecule has 0 saturated carbocycles. The predicted octanol–water partition coefficient (Wildman–Crippen LogP) is 3.97. The van der Waals surface area contributed by atoms with Gasteiger partial charge in [0.2, 0.25) is 5.15 Å². The number of hydrogen-bond acceptors (Lipinski definition) is 3. The first-order valence-electron chi connectivity index (χ1n) is 5.81. The molecule has 0 aliphatic heterocycles. The molecule has 5 nitrogen and oxygen atoms in total. The third-order valence-electron chi connectivity index (χ3n) is 2.77. The Morgan fingerprint density at radius 2 is 1.81 bits per heavy atom. The molecular weight excluding hydrogens is 311 g/mol. The SMILES string of the molecule is CC(C)c1nn(-c2cc(F)c(F)c(F)c2)c(Cl)c1[N+](=O)[O-]. The summed E-state index contributed by atoms with van der Waals surface area (Å²) in [4.78, 5) is 10.3. The Kier molecular flexibility index (Phi) is 3.91. The molecule has 0 amide bonds. The highest BCUT2D eigenvalue weighted by Gasteiger charge is 2.29. The molecule has 2 aromatic rings. The second kappa shape index (κ2) is 5.36. The van der Waals surface area contributed by atoms with Crippen LogP contribution in [0.2, 0.25) is 5.15 Å². The van der Waals surface area contributed by atoms with Gasteiger partial charge in [-0.1, -0.05) is 25.4 Å². The number of nitro groups is 1. The molecule has 2 rings (SSSR count). The lowest BCUT2D eigenvalue weighted by atomic mass is 10.1. The summed E-state index contributed by atoms with van der Waals surface area (Å²) < 4.78 is 40.3. The first-order chi connectivity index (χ1) is 9.73. The van der Waals surface area contributed by atoms with Gasteiger partial charge in [0.15, 0.2) is 17.5 Å². The van der Waals surface area contributed by atoms with E-state index in [0.29, 0.717) is 12.1 Å². The molecule has 0 unspecified atom stereocenters. The number of nitrogens with zero attached hydrogens (tertiary/aromatic N) is 3. The maximum atomic E-state index is 13.2. The van der Waals surface area contributed by atoms with E-state index in [2.05, 4.69) is 5.10 Å². The normalized spacial score (nSPS) is 11.2. The second-order valence-corrected chi connectivity index (χ2v) is 4.93. The van der Waals surface area contributed by atoms with Crippen molar-refractivity contribution in [2.75, 3.05) is 0 Å². The van der Waals surface area contributed by atoms with Gasteiger partial charge in [0, 0.05) is 18.1 Å². The van der Waals surface area contributed by atoms with Crippen LogP contribution >= 0.6 is 11.6 Å². The molecule has 1 aromatic heterocycles. The fourth-order valence-corrected chi connectivity index (χ4v) is 2.10. The van der Waals surface area contributed by atoms with Crippen molar-refractivity contribution >= 4 is 17.3 Å². The lowest BCUT2D eigenvalue weighted by Crippen LogP contribution is -2.02. The average molecular weight is 320 g/mol. The van der Waals surface area contributed by atoms with E-state index in [4.69, 9.17) is 11.6 Å². The molecule has 112 valence electrons. The molecule has 0 aliphatic rings. The largest absolute Gasteiger partial charge is 0.329 e. The summed E-state index contributed by atoms with van der Waals surface area (Å²) in [5.74, 6) is -4.85. The molecular formula is C12H9ClF3N3O2. The molecule has 0 aliphatic carbocycles. The average Bonchev–Trinajstić information content (AvgIpc) is 2.73. The lowest BCUT2D eigenvalue weighted by molar-refractivity contribution is -0.385. The van der Waals surface area contributed by atoms with E-state index in [0.717, 1.165) is 4.68 Å². The molecule has 0 fully saturated rings. The molecule has 21 heavy (non-hydrogen) atoms. The van der Waals surface area contributed by atoms with Crippen LogP contribution in [0.15, 0.2) is 12.1 Å². The van der Waals surface area contributed by atoms with Crippen molar-refractivity contribution in [2.24, 2.45) is 0 Å². The number of aromatic nitrogens is 2. The van der Waals surface area contributed by atoms with Gasteiger partial charge in [0.1, 0.15) is 5.69 Å². The Labute approximate surface area is 122 Å². The first kappa shape index (κ1) is 15.3. The van der Waals surface area contributed by atoms with E-state index in [-0.39, 0.29) is 17.3 Å². The van der Waals surface area contributed by atoms with Gasteiger partial charge in [-0.2, -0.15) is 5.10 Å². The van der Waals surface area contributed by atoms with Crippen LogP contribution in [0, 0.1) is 27.6 Å². The number of halogens is 4. The number of hydrogen-bond donors (Lipinski definition) is 0. The van der Waals surface area contributed by atoms with Crippen LogP contribution in [-0.2, 0) is 0 Å². The second-order valence-electron chi connectivity index (χ2n) is 4.57. The Bertz CT molecular complexity index is 708. The van der Waals surface area contributed by atoms with E-state index >= 15 is 0 Å². The maximum Gasteiger partial charge on any atom is 0.329 e. The van der Waals surface area contributed by atoms with Crippen LogP contribution in [0.3, 0.4) is 0 Å². The van der Waals surface area contributed by atoms with Gasteiger partial charge in [-0.15, -0.1) is 0 Å². The zero-order valence-corrected chi connectivity index (χ0v) is 11.7. The van der Waals surface area contributed by atoms with Gasteiger partial charge < -0.3 is 0 Å². The molecule has 1 heterocycles. The minimum Gasteiger partial charge on any atom is -0.258 e. The van der Waals surface area contributed by atoms with Crippen LogP contribution in [0.25, 0.3) is 5.69 Å². The molecule has 0 bridgehead atoms. The highest BCUT2D eigenvalue weighted by molar-refractivity contribution is 6.32. The van der Waals surface area contributed by atoms with Crippen molar-refractivity contribution < 1.29 is 18.1 Å². The minimum atomic E-state index is -1.64. The van der Waals surface area contributed by atoms with Crippen molar-refractivity contribution in [1.29, 1.82) is 0 Å². The van der Waals surface area contributed by atoms with Crippen molar-refractivity contribution in [2.45, 2.75) is 19.8 Å². The monoisotopic (exact) mass is 319 g/mol. The molecule has 1 aromatic carbocycles. The van der Waals surface area contributed by atoms with Crippen LogP contribution in [0.4, 0.5) is 18.9 Å². The van der Waals surface area contributed by atoms with Crippen molar-refractivity contribution in [3.05, 3.63) is 50.5 Å². The van der Waals surface area contributed by atoms with E-state index in [9.17, 15) is 23.3 Å². The Hall–Kier alpha value is -2.09. The van der Waals surface area contributed by atoms with Crippen LogP contribution in [0.5, 0.6) is 0 Å². The summed E-state index contributed by atoms with van der Waals surface area (Å²) in [6.45, 7) is 3.31. The fourth-order valence-electron chi connectivity index (χ4n) is 1.80. The minimum absolute atomic E-state index is 0.0649. The van der Waals surface area contributed by atoms with Crippen LogP contribution < -0.4 is 0 Å². The van der Waals surface area contributed by atoms with Gasteiger partial charge in [-0.05, 0) is 0 Å². The molecule has 0 spiro atoms. The van der Waals surface area contributed by atoms with Gasteiger partial charge in [0.05, 0.1) is 10.6 Å². The van der Waals surface area contributed by atoms with Crippen molar-refractivity contribution in [1.82, 2.24) is 9.78 Å². The van der Waals surface area contributed by atoms with Crippen molar-refractivity contribution in [3.63, 3.8) is 0 Å². The fraction of sp³-hybridized carbons (Fsp3) is 0.250. The molecule has 0 saturated heterocycles. The number of benzene rings is 1. The zero-order chi connectivity index (χ0) is 15.9. The summed E-state index contributed by atoms with van der Waals surface area (Å²) in [6, 6.07) is 1.32. The van der Waals surface area contributed by atoms with E-state index in [1.807, 2.05) is 0 Å². The molecule has 0 atom stereocenters. The standard InChI is InChI=1S/C12H9ClF3N3O2/c1-5(2)10-11(19(20)21)12(13)18(17-10)6-3-7(14)9(16)8(15)4-6/h3-5H,1-2H3. The summed E-state index contributed by atoms with van der Waals surface area (Å²) >= 11 is 5.87. The third kappa shape index (κ3) is 2.58. The van der Waals surface area contributed by atoms with Gasteiger partial charge in [-0.25, -0.2) is 17.9 Å². The topological polar surface area (TPSA) is 61.0 Å². The lowest BCUT2D eigenvalue weighted by Gasteiger charge is -2.04. The zero-order valence-electron chi connectivity index (χ0n) is 10.9. The first-order valence-corrected chi connectivity index (χ1v) is 6.19. The predicted molar refractivity (Wildman–Crippen MR) is 69.2 cm³/mol. The third-order valence-corrected chi connectivity index (χ3v) is 3.11. The van der Waals surface area contributed by atoms with E-state index in [1.165, 1.54) is 0 Å². The van der Waals surface area contributed by atoms with Crippen molar-refractivity contribution in [3.8, 4) is 5.69 Å². The Morgan fingerprint density at radius 1 is 1.29 bits per heavy atom. The van der Waals surface area contributed by atoms with Gasteiger partial charge >= 0.3 is 5.69 Å². The van der Waals surface area contributed by atoms with Gasteiger partial charge in [-0.3, -0.25) is 10.1 Å². The molecule has 0 N–H and O–H groups in total. The van der Waals surface area contributed by atoms with E-state index < -0.39 is 33.2 Å². The summed E-state index contributed by atoms with van der Waals surface area (Å²) in [5.41, 5.74) is -0.627. The van der Waals surface area contributed by atoms with Crippen LogP contribution in [-0.4, -0.2) is 14.7 Å². The molecule has 9 heteroatoms. The quantitative estimate of drug-likeness (QED) is 0.488. The summed E-state index contributed by atoms with van der Waals surface area (Å²) in [5, 5.41) is 14.5. The number of rotatable bonds is 3. The summed E-state index contributed by atoms with van der Waals surface area (Å²) in [6.07, 6.45) is 0.